The van der Waals surface area contributed by atoms with Crippen LogP contribution in [0.5, 0.6) is 0 Å². The summed E-state index contributed by atoms with van der Waals surface area (Å²) >= 11 is 0. The lowest BCUT2D eigenvalue weighted by molar-refractivity contribution is 0.0557. The van der Waals surface area contributed by atoms with E-state index in [9.17, 15) is 13.6 Å². The van der Waals surface area contributed by atoms with E-state index in [-0.39, 0.29) is 23.9 Å². The number of hydrogen-bond donors (Lipinski definition) is 0. The van der Waals surface area contributed by atoms with Gasteiger partial charge in [0.15, 0.2) is 0 Å². The number of alkyl halides is 2. The van der Waals surface area contributed by atoms with Crippen molar-refractivity contribution in [1.82, 2.24) is 29.9 Å². The maximum absolute atomic E-state index is 13.2. The van der Waals surface area contributed by atoms with E-state index < -0.39 is 12.3 Å². The highest BCUT2D eigenvalue weighted by atomic mass is 19.3. The predicted molar refractivity (Wildman–Crippen MR) is 95.9 cm³/mol. The van der Waals surface area contributed by atoms with Gasteiger partial charge in [-0.1, -0.05) is 12.8 Å². The number of carbonyl (C=O) groups is 1. The SMILES string of the molecule is O=C1c2cc(-c3nnc(C(F)F)o3)cnc2CN1[C@H]1CCCCC1n1cccn1. The van der Waals surface area contributed by atoms with Crippen LogP contribution in [0.4, 0.5) is 8.78 Å². The Morgan fingerprint density at radius 3 is 2.72 bits per heavy atom. The van der Waals surface area contributed by atoms with Crippen LogP contribution in [-0.4, -0.2) is 41.8 Å². The summed E-state index contributed by atoms with van der Waals surface area (Å²) in [5.41, 5.74) is 1.46. The lowest BCUT2D eigenvalue weighted by atomic mass is 9.89. The van der Waals surface area contributed by atoms with Crippen LogP contribution in [0, 0.1) is 0 Å². The zero-order chi connectivity index (χ0) is 20.0. The van der Waals surface area contributed by atoms with E-state index in [0.29, 0.717) is 23.4 Å². The van der Waals surface area contributed by atoms with Crippen LogP contribution in [0.2, 0.25) is 0 Å². The Morgan fingerprint density at radius 1 is 1.17 bits per heavy atom. The molecule has 1 aliphatic heterocycles. The van der Waals surface area contributed by atoms with Gasteiger partial charge in [0.1, 0.15) is 0 Å². The molecule has 1 amide bonds. The second kappa shape index (κ2) is 7.02. The molecule has 0 bridgehead atoms. The molecule has 8 nitrogen and oxygen atoms in total. The minimum atomic E-state index is -2.85. The summed E-state index contributed by atoms with van der Waals surface area (Å²) in [6, 6.07) is 3.64. The van der Waals surface area contributed by atoms with Gasteiger partial charge in [-0.2, -0.15) is 13.9 Å². The van der Waals surface area contributed by atoms with Crippen molar-refractivity contribution in [3.63, 3.8) is 0 Å². The second-order valence-corrected chi connectivity index (χ2v) is 7.30. The Hall–Kier alpha value is -3.17. The number of amides is 1. The summed E-state index contributed by atoms with van der Waals surface area (Å²) in [4.78, 5) is 19.4. The Labute approximate surface area is 164 Å². The van der Waals surface area contributed by atoms with Gasteiger partial charge in [0.25, 0.3) is 11.8 Å². The highest BCUT2D eigenvalue weighted by Gasteiger charge is 2.39. The maximum atomic E-state index is 13.2. The minimum Gasteiger partial charge on any atom is -0.415 e. The molecule has 1 saturated carbocycles. The third-order valence-corrected chi connectivity index (χ3v) is 5.61. The van der Waals surface area contributed by atoms with E-state index in [1.165, 1.54) is 6.20 Å². The molecular formula is C19H18F2N6O2. The molecule has 150 valence electrons. The molecule has 5 rings (SSSR count). The van der Waals surface area contributed by atoms with E-state index in [4.69, 9.17) is 4.42 Å². The van der Waals surface area contributed by atoms with Crippen LogP contribution >= 0.6 is 0 Å². The summed E-state index contributed by atoms with van der Waals surface area (Å²) in [6.45, 7) is 0.420. The standard InChI is InChI=1S/C19H18F2N6O2/c20-16(21)18-25-24-17(29-18)11-8-12-13(22-9-11)10-26(19(12)28)14-4-1-2-5-15(14)27-7-3-6-23-27/h3,6-9,14-16H,1-2,4-5,10H2/t14-,15?/m0/s1. The first-order valence-electron chi connectivity index (χ1n) is 9.53. The van der Waals surface area contributed by atoms with Crippen LogP contribution in [0.1, 0.15) is 60.1 Å². The van der Waals surface area contributed by atoms with Gasteiger partial charge in [-0.25, -0.2) is 0 Å². The van der Waals surface area contributed by atoms with Gasteiger partial charge in [0, 0.05) is 18.6 Å². The largest absolute Gasteiger partial charge is 0.415 e. The molecule has 0 radical (unpaired) electrons. The zero-order valence-corrected chi connectivity index (χ0v) is 15.4. The van der Waals surface area contributed by atoms with E-state index in [1.807, 2.05) is 21.8 Å². The summed E-state index contributed by atoms with van der Waals surface area (Å²) in [5.74, 6) is -0.946. The molecule has 0 aromatic carbocycles. The quantitative estimate of drug-likeness (QED) is 0.667. The van der Waals surface area contributed by atoms with E-state index in [1.54, 1.807) is 12.3 Å². The summed E-state index contributed by atoms with van der Waals surface area (Å²) in [5, 5.41) is 11.4. The third-order valence-electron chi connectivity index (χ3n) is 5.61. The average Bonchev–Trinajstić information content (AvgIpc) is 3.48. The topological polar surface area (TPSA) is 89.9 Å². The number of aromatic nitrogens is 5. The fourth-order valence-corrected chi connectivity index (χ4v) is 4.26. The van der Waals surface area contributed by atoms with Crippen LogP contribution < -0.4 is 0 Å². The predicted octanol–water partition coefficient (Wildman–Crippen LogP) is 3.41. The first kappa shape index (κ1) is 17.9. The van der Waals surface area contributed by atoms with Crippen LogP contribution in [0.25, 0.3) is 11.5 Å². The lowest BCUT2D eigenvalue weighted by Crippen LogP contribution is -2.43. The summed E-state index contributed by atoms with van der Waals surface area (Å²) < 4.78 is 32.3. The summed E-state index contributed by atoms with van der Waals surface area (Å²) in [7, 11) is 0. The number of rotatable bonds is 4. The molecule has 0 saturated heterocycles. The van der Waals surface area contributed by atoms with Crippen molar-refractivity contribution in [2.45, 2.75) is 50.7 Å². The van der Waals surface area contributed by atoms with Crippen molar-refractivity contribution in [1.29, 1.82) is 0 Å². The molecule has 3 aromatic heterocycles. The molecule has 2 aliphatic rings. The van der Waals surface area contributed by atoms with Gasteiger partial charge >= 0.3 is 6.43 Å². The molecular weight excluding hydrogens is 382 g/mol. The molecule has 10 heteroatoms. The van der Waals surface area contributed by atoms with Crippen molar-refractivity contribution in [3.8, 4) is 11.5 Å². The van der Waals surface area contributed by atoms with Gasteiger partial charge in [0.2, 0.25) is 5.89 Å². The van der Waals surface area contributed by atoms with E-state index >= 15 is 0 Å². The lowest BCUT2D eigenvalue weighted by Gasteiger charge is -2.37. The van der Waals surface area contributed by atoms with Gasteiger partial charge in [-0.05, 0) is 25.0 Å². The van der Waals surface area contributed by atoms with Gasteiger partial charge in [0.05, 0.1) is 35.4 Å². The van der Waals surface area contributed by atoms with Gasteiger partial charge < -0.3 is 9.32 Å². The highest BCUT2D eigenvalue weighted by Crippen LogP contribution is 2.37. The molecule has 4 heterocycles. The van der Waals surface area contributed by atoms with Gasteiger partial charge in [-0.3, -0.25) is 14.5 Å². The van der Waals surface area contributed by atoms with Crippen LogP contribution in [-0.2, 0) is 6.54 Å². The Morgan fingerprint density at radius 2 is 2.00 bits per heavy atom. The second-order valence-electron chi connectivity index (χ2n) is 7.30. The number of carbonyl (C=O) groups excluding carboxylic acids is 1. The molecule has 0 spiro atoms. The van der Waals surface area contributed by atoms with Crippen LogP contribution in [0.3, 0.4) is 0 Å². The Bertz CT molecular complexity index is 1040. The first-order valence-corrected chi connectivity index (χ1v) is 9.53. The van der Waals surface area contributed by atoms with Crippen molar-refractivity contribution in [2.24, 2.45) is 0 Å². The normalized spacial score (nSPS) is 21.8. The van der Waals surface area contributed by atoms with Crippen molar-refractivity contribution in [2.75, 3.05) is 0 Å². The molecule has 1 unspecified atom stereocenters. The fourth-order valence-electron chi connectivity index (χ4n) is 4.26. The fraction of sp³-hybridized carbons (Fsp3) is 0.421. The Balaban J connectivity index is 1.43. The van der Waals surface area contributed by atoms with Crippen LogP contribution in [0.15, 0.2) is 35.1 Å². The van der Waals surface area contributed by atoms with Gasteiger partial charge in [-0.15, -0.1) is 10.2 Å². The monoisotopic (exact) mass is 400 g/mol. The molecule has 1 fully saturated rings. The van der Waals surface area contributed by atoms with E-state index in [0.717, 1.165) is 25.7 Å². The molecule has 1 aliphatic carbocycles. The highest BCUT2D eigenvalue weighted by molar-refractivity contribution is 5.98. The first-order chi connectivity index (χ1) is 14.1. The van der Waals surface area contributed by atoms with Crippen molar-refractivity contribution in [3.05, 3.63) is 47.9 Å². The molecule has 2 atom stereocenters. The number of fused-ring (bicyclic) bond motifs is 1. The third kappa shape index (κ3) is 3.08. The number of hydrogen-bond acceptors (Lipinski definition) is 6. The number of nitrogens with zero attached hydrogens (tertiary/aromatic N) is 6. The smallest absolute Gasteiger partial charge is 0.314 e. The molecule has 3 aromatic rings. The minimum absolute atomic E-state index is 0.0302. The summed E-state index contributed by atoms with van der Waals surface area (Å²) in [6.07, 6.45) is 6.33. The maximum Gasteiger partial charge on any atom is 0.314 e. The van der Waals surface area contributed by atoms with E-state index in [2.05, 4.69) is 20.3 Å². The van der Waals surface area contributed by atoms with Crippen molar-refractivity contribution >= 4 is 5.91 Å². The van der Waals surface area contributed by atoms with Crippen molar-refractivity contribution < 1.29 is 18.0 Å². The number of halogens is 2. The molecule has 29 heavy (non-hydrogen) atoms. The average molecular weight is 400 g/mol. The molecule has 0 N–H and O–H groups in total. The zero-order valence-electron chi connectivity index (χ0n) is 15.4. The number of pyridine rings is 1. The Kier molecular flexibility index (Phi) is 4.33.